The lowest BCUT2D eigenvalue weighted by atomic mass is 10.00. The van der Waals surface area contributed by atoms with Gasteiger partial charge >= 0.3 is 10.2 Å². The number of fused-ring (bicyclic) bond motifs is 2. The van der Waals surface area contributed by atoms with Gasteiger partial charge in [-0.15, -0.1) is 4.40 Å². The van der Waals surface area contributed by atoms with Crippen LogP contribution in [0.3, 0.4) is 0 Å². The number of anilines is 1. The van der Waals surface area contributed by atoms with E-state index >= 15 is 0 Å². The third-order valence-corrected chi connectivity index (χ3v) is 6.85. The lowest BCUT2D eigenvalue weighted by Gasteiger charge is -2.36. The number of likely N-dealkylation sites (tertiary alicyclic amines) is 1. The first-order chi connectivity index (χ1) is 15.9. The van der Waals surface area contributed by atoms with E-state index < -0.39 is 10.2 Å². The number of para-hydroxylation sites is 1. The molecule has 5 rings (SSSR count). The molecule has 170 valence electrons. The van der Waals surface area contributed by atoms with Crippen LogP contribution in [-0.2, 0) is 10.2 Å². The van der Waals surface area contributed by atoms with Gasteiger partial charge in [0.05, 0.1) is 28.4 Å². The van der Waals surface area contributed by atoms with Gasteiger partial charge < -0.3 is 15.4 Å². The highest BCUT2D eigenvalue weighted by Gasteiger charge is 2.30. The molecule has 0 spiro atoms. The van der Waals surface area contributed by atoms with E-state index in [2.05, 4.69) is 14.1 Å². The van der Waals surface area contributed by atoms with Crippen molar-refractivity contribution in [3.05, 3.63) is 65.9 Å². The normalized spacial score (nSPS) is 19.3. The Balaban J connectivity index is 1.40. The molecule has 33 heavy (non-hydrogen) atoms. The minimum Gasteiger partial charge on any atom is -0.491 e. The average molecular weight is 466 g/mol. The number of rotatable bonds is 4. The van der Waals surface area contributed by atoms with E-state index in [-0.39, 0.29) is 24.4 Å². The molecule has 0 bridgehead atoms. The molecule has 0 aliphatic carbocycles. The maximum atomic E-state index is 13.5. The Kier molecular flexibility index (Phi) is 5.37. The molecule has 2 aliphatic heterocycles. The van der Waals surface area contributed by atoms with Crippen molar-refractivity contribution in [2.75, 3.05) is 17.9 Å². The number of nitrogens with two attached hydrogens (primary N) is 1. The molecule has 0 unspecified atom stereocenters. The zero-order valence-electron chi connectivity index (χ0n) is 17.8. The number of amidine groups is 1. The van der Waals surface area contributed by atoms with Crippen LogP contribution < -0.4 is 15.2 Å². The Bertz CT molecular complexity index is 1370. The number of amides is 1. The molecule has 1 saturated heterocycles. The zero-order valence-corrected chi connectivity index (χ0v) is 18.6. The molecule has 9 nitrogen and oxygen atoms in total. The number of aromatic nitrogens is 1. The van der Waals surface area contributed by atoms with Crippen LogP contribution in [-0.4, -0.2) is 49.2 Å². The van der Waals surface area contributed by atoms with Crippen LogP contribution in [0.1, 0.15) is 35.2 Å². The molecular weight excluding hydrogens is 442 g/mol. The molecular formula is C23H23N5O4S. The standard InChI is InChI=1S/C23H23N5O4S/c24-22-21-19(26-33(30,31)27-22)9-5-10-20(21)32-14-15-6-3-4-13-28(15)23(29)17-11-12-25-18-8-2-1-7-16(17)18/h1-2,5,7-12,15,26H,3-4,6,13-14H2,(H2,24,27)/t15-/m1/s1. The van der Waals surface area contributed by atoms with E-state index in [0.29, 0.717) is 29.1 Å². The predicted molar refractivity (Wildman–Crippen MR) is 126 cm³/mol. The van der Waals surface area contributed by atoms with Crippen LogP contribution in [0, 0.1) is 0 Å². The minimum absolute atomic E-state index is 0.0502. The van der Waals surface area contributed by atoms with Crippen LogP contribution in [0.4, 0.5) is 5.69 Å². The molecule has 10 heteroatoms. The summed E-state index contributed by atoms with van der Waals surface area (Å²) in [4.78, 5) is 19.7. The van der Waals surface area contributed by atoms with Crippen molar-refractivity contribution in [1.29, 1.82) is 0 Å². The molecule has 1 aromatic heterocycles. The largest absolute Gasteiger partial charge is 0.491 e. The summed E-state index contributed by atoms with van der Waals surface area (Å²) in [5.41, 5.74) is 8.04. The number of carbonyl (C=O) groups excluding carboxylic acids is 1. The average Bonchev–Trinajstić information content (AvgIpc) is 2.81. The summed E-state index contributed by atoms with van der Waals surface area (Å²) >= 11 is 0. The fourth-order valence-electron chi connectivity index (χ4n) is 4.40. The number of hydrogen-bond donors (Lipinski definition) is 2. The Labute approximate surface area is 191 Å². The highest BCUT2D eigenvalue weighted by Crippen LogP contribution is 2.31. The van der Waals surface area contributed by atoms with Gasteiger partial charge in [-0.3, -0.25) is 14.5 Å². The van der Waals surface area contributed by atoms with Gasteiger partial charge in [-0.25, -0.2) is 0 Å². The molecule has 1 fully saturated rings. The van der Waals surface area contributed by atoms with Gasteiger partial charge in [-0.2, -0.15) is 8.42 Å². The highest BCUT2D eigenvalue weighted by molar-refractivity contribution is 7.91. The second kappa shape index (κ2) is 8.36. The van der Waals surface area contributed by atoms with Crippen molar-refractivity contribution in [2.24, 2.45) is 10.1 Å². The van der Waals surface area contributed by atoms with Gasteiger partial charge in [0, 0.05) is 18.1 Å². The van der Waals surface area contributed by atoms with Crippen molar-refractivity contribution in [2.45, 2.75) is 25.3 Å². The minimum atomic E-state index is -3.87. The topological polar surface area (TPSA) is 127 Å². The molecule has 1 atom stereocenters. The van der Waals surface area contributed by atoms with Gasteiger partial charge in [-0.05, 0) is 43.5 Å². The molecule has 3 N–H and O–H groups in total. The van der Waals surface area contributed by atoms with E-state index in [9.17, 15) is 13.2 Å². The molecule has 0 saturated carbocycles. The van der Waals surface area contributed by atoms with E-state index in [4.69, 9.17) is 10.5 Å². The van der Waals surface area contributed by atoms with Crippen molar-refractivity contribution in [3.8, 4) is 5.75 Å². The van der Waals surface area contributed by atoms with Crippen LogP contribution in [0.25, 0.3) is 10.9 Å². The maximum absolute atomic E-state index is 13.5. The fourth-order valence-corrected chi connectivity index (χ4v) is 5.25. The van der Waals surface area contributed by atoms with Gasteiger partial charge in [-0.1, -0.05) is 24.3 Å². The molecule has 2 aliphatic rings. The number of piperidine rings is 1. The molecule has 1 amide bonds. The summed E-state index contributed by atoms with van der Waals surface area (Å²) in [5.74, 6) is 0.244. The number of carbonyl (C=O) groups is 1. The van der Waals surface area contributed by atoms with Gasteiger partial charge in [0.15, 0.2) is 5.84 Å². The number of benzene rings is 2. The summed E-state index contributed by atoms with van der Waals surface area (Å²) in [5, 5.41) is 0.823. The third-order valence-electron chi connectivity index (χ3n) is 5.94. The second-order valence-electron chi connectivity index (χ2n) is 8.07. The SMILES string of the molecule is NC1=NS(=O)(=O)Nc2cccc(OC[C@H]3CCCCN3C(=O)c3ccnc4ccccc34)c21. The summed E-state index contributed by atoms with van der Waals surface area (Å²) in [6.07, 6.45) is 4.38. The van der Waals surface area contributed by atoms with Crippen LogP contribution in [0.5, 0.6) is 5.75 Å². The quantitative estimate of drug-likeness (QED) is 0.610. The number of ether oxygens (including phenoxy) is 1. The molecule has 3 aromatic rings. The van der Waals surface area contributed by atoms with Crippen LogP contribution in [0.15, 0.2) is 59.1 Å². The maximum Gasteiger partial charge on any atom is 0.344 e. The third kappa shape index (κ3) is 4.09. The van der Waals surface area contributed by atoms with Crippen LogP contribution in [0.2, 0.25) is 0 Å². The fraction of sp³-hybridized carbons (Fsp3) is 0.261. The highest BCUT2D eigenvalue weighted by atomic mass is 32.2. The van der Waals surface area contributed by atoms with Crippen molar-refractivity contribution >= 4 is 38.5 Å². The van der Waals surface area contributed by atoms with Gasteiger partial charge in [0.2, 0.25) is 0 Å². The zero-order chi connectivity index (χ0) is 23.0. The van der Waals surface area contributed by atoms with Gasteiger partial charge in [0.25, 0.3) is 5.91 Å². The van der Waals surface area contributed by atoms with E-state index in [1.807, 2.05) is 29.2 Å². The van der Waals surface area contributed by atoms with Crippen molar-refractivity contribution < 1.29 is 17.9 Å². The predicted octanol–water partition coefficient (Wildman–Crippen LogP) is 2.68. The Morgan fingerprint density at radius 3 is 2.88 bits per heavy atom. The first-order valence-corrected chi connectivity index (χ1v) is 12.2. The number of hydrogen-bond acceptors (Lipinski definition) is 6. The summed E-state index contributed by atoms with van der Waals surface area (Å²) < 4.78 is 35.6. The number of nitrogens with zero attached hydrogens (tertiary/aromatic N) is 3. The van der Waals surface area contributed by atoms with Crippen LogP contribution >= 0.6 is 0 Å². The monoisotopic (exact) mass is 465 g/mol. The molecule has 2 aromatic carbocycles. The number of pyridine rings is 1. The van der Waals surface area contributed by atoms with Crippen molar-refractivity contribution in [1.82, 2.24) is 9.88 Å². The smallest absolute Gasteiger partial charge is 0.344 e. The van der Waals surface area contributed by atoms with E-state index in [1.54, 1.807) is 30.5 Å². The van der Waals surface area contributed by atoms with E-state index in [0.717, 1.165) is 30.2 Å². The first-order valence-electron chi connectivity index (χ1n) is 10.7. The van der Waals surface area contributed by atoms with E-state index in [1.165, 1.54) is 0 Å². The Morgan fingerprint density at radius 1 is 1.15 bits per heavy atom. The Hall–Kier alpha value is -3.66. The summed E-state index contributed by atoms with van der Waals surface area (Å²) in [6.45, 7) is 0.894. The number of nitrogens with one attached hydrogen (secondary N) is 1. The van der Waals surface area contributed by atoms with Gasteiger partial charge in [0.1, 0.15) is 12.4 Å². The molecule has 3 heterocycles. The summed E-state index contributed by atoms with van der Waals surface area (Å²) in [6, 6.07) is 14.2. The molecule has 0 radical (unpaired) electrons. The second-order valence-corrected chi connectivity index (χ2v) is 9.40. The Morgan fingerprint density at radius 2 is 2.00 bits per heavy atom. The lowest BCUT2D eigenvalue weighted by Crippen LogP contribution is -2.46. The van der Waals surface area contributed by atoms with Crippen molar-refractivity contribution in [3.63, 3.8) is 0 Å². The first kappa shape index (κ1) is 21.2. The summed E-state index contributed by atoms with van der Waals surface area (Å²) in [7, 11) is -3.87. The lowest BCUT2D eigenvalue weighted by molar-refractivity contribution is 0.0530.